The number of nitrogens with two attached hydrogens (primary N) is 2. The van der Waals surface area contributed by atoms with Crippen LogP contribution in [0.4, 0.5) is 0 Å². The maximum atomic E-state index is 6.20. The van der Waals surface area contributed by atoms with E-state index in [1.54, 1.807) is 0 Å². The van der Waals surface area contributed by atoms with Crippen LogP contribution in [0.1, 0.15) is 60.8 Å². The topological polar surface area (TPSA) is 97.1 Å². The van der Waals surface area contributed by atoms with Crippen molar-refractivity contribution >= 4 is 10.9 Å². The smallest absolute Gasteiger partial charge is 0.173 e. The molecule has 2 aromatic heterocycles. The van der Waals surface area contributed by atoms with Crippen LogP contribution in [0.25, 0.3) is 22.2 Å². The summed E-state index contributed by atoms with van der Waals surface area (Å²) in [7, 11) is 0. The number of piperidine rings is 1. The van der Waals surface area contributed by atoms with Crippen LogP contribution < -0.4 is 22.5 Å². The van der Waals surface area contributed by atoms with E-state index in [-0.39, 0.29) is 0 Å². The van der Waals surface area contributed by atoms with E-state index in [1.165, 1.54) is 39.5 Å². The molecule has 1 aliphatic heterocycles. The molecule has 0 radical (unpaired) electrons. The lowest BCUT2D eigenvalue weighted by Crippen LogP contribution is -2.32. The van der Waals surface area contributed by atoms with Crippen LogP contribution in [0.15, 0.2) is 29.5 Å². The fraction of sp³-hybridized carbons (Fsp3) is 0.435. The molecule has 6 heteroatoms. The highest BCUT2D eigenvalue weighted by Crippen LogP contribution is 2.38. The van der Waals surface area contributed by atoms with Crippen molar-refractivity contribution < 1.29 is 0 Å². The maximum Gasteiger partial charge on any atom is 0.173 e. The minimum Gasteiger partial charge on any atom is -0.354 e. The van der Waals surface area contributed by atoms with Gasteiger partial charge in [0.15, 0.2) is 5.49 Å². The summed E-state index contributed by atoms with van der Waals surface area (Å²) < 4.78 is 1.52. The highest BCUT2D eigenvalue weighted by Gasteiger charge is 2.21. The van der Waals surface area contributed by atoms with Crippen molar-refractivity contribution in [3.05, 3.63) is 52.1 Å². The monoisotopic (exact) mass is 392 g/mol. The third-order valence-electron chi connectivity index (χ3n) is 6.46. The number of pyridine rings is 1. The van der Waals surface area contributed by atoms with E-state index in [1.807, 2.05) is 13.1 Å². The zero-order valence-electron chi connectivity index (χ0n) is 17.8. The van der Waals surface area contributed by atoms with Gasteiger partial charge in [-0.15, -0.1) is 0 Å². The first-order valence-corrected chi connectivity index (χ1v) is 10.5. The van der Waals surface area contributed by atoms with Crippen LogP contribution in [0.3, 0.4) is 0 Å². The van der Waals surface area contributed by atoms with Crippen molar-refractivity contribution in [3.8, 4) is 11.3 Å². The Hall–Kier alpha value is -2.73. The molecule has 154 valence electrons. The minimum absolute atomic E-state index is 0.381. The van der Waals surface area contributed by atoms with Crippen molar-refractivity contribution in [2.75, 3.05) is 18.9 Å². The summed E-state index contributed by atoms with van der Waals surface area (Å²) in [4.78, 5) is 3.68. The molecular formula is C23H32N6. The van der Waals surface area contributed by atoms with E-state index >= 15 is 0 Å². The molecule has 0 bridgehead atoms. The average Bonchev–Trinajstić information content (AvgIpc) is 3.10. The number of H-pyrrole nitrogens is 1. The number of nitrogens with zero attached hydrogens (tertiary/aromatic N) is 2. The van der Waals surface area contributed by atoms with Crippen LogP contribution in [0, 0.1) is 13.8 Å². The molecule has 0 aliphatic carbocycles. The van der Waals surface area contributed by atoms with Gasteiger partial charge >= 0.3 is 0 Å². The normalized spacial score (nSPS) is 16.2. The van der Waals surface area contributed by atoms with Crippen LogP contribution in [-0.2, 0) is 0 Å². The summed E-state index contributed by atoms with van der Waals surface area (Å²) in [6.07, 6.45) is 4.34. The van der Waals surface area contributed by atoms with Gasteiger partial charge in [0, 0.05) is 22.7 Å². The lowest BCUT2D eigenvalue weighted by Gasteiger charge is -2.23. The second-order valence-electron chi connectivity index (χ2n) is 8.55. The first kappa shape index (κ1) is 19.6. The lowest BCUT2D eigenvalue weighted by atomic mass is 9.88. The van der Waals surface area contributed by atoms with E-state index < -0.39 is 0 Å². The standard InChI is InChI=1S/C23H32N6/c1-13(2)21-18-11-17(16-7-9-26-10-8-16)5-6-20(18)27-22(21)19-12-29(25)23(28-24)15(4)14(19)3/h5-6,11-13,16,26-27H,7-10,24-25H2,1-4H3/b28-23-. The van der Waals surface area contributed by atoms with Gasteiger partial charge in [-0.25, -0.2) is 0 Å². The van der Waals surface area contributed by atoms with E-state index in [4.69, 9.17) is 11.7 Å². The van der Waals surface area contributed by atoms with Crippen molar-refractivity contribution in [2.24, 2.45) is 10.9 Å². The molecule has 0 saturated carbocycles. The second-order valence-corrected chi connectivity index (χ2v) is 8.55. The zero-order valence-corrected chi connectivity index (χ0v) is 17.8. The number of rotatable bonds is 3. The number of fused-ring (bicyclic) bond motifs is 1. The first-order valence-electron chi connectivity index (χ1n) is 10.5. The van der Waals surface area contributed by atoms with Gasteiger partial charge in [-0.1, -0.05) is 19.9 Å². The quantitative estimate of drug-likeness (QED) is 0.406. The van der Waals surface area contributed by atoms with Crippen molar-refractivity contribution in [2.45, 2.75) is 52.4 Å². The van der Waals surface area contributed by atoms with Crippen molar-refractivity contribution in [3.63, 3.8) is 0 Å². The Morgan fingerprint density at radius 2 is 1.86 bits per heavy atom. The van der Waals surface area contributed by atoms with Gasteiger partial charge in [-0.3, -0.25) is 4.68 Å². The molecule has 3 heterocycles. The number of nitrogen functional groups attached to an aromatic ring is 1. The Labute approximate surface area is 172 Å². The number of nitrogens with one attached hydrogen (secondary N) is 2. The van der Waals surface area contributed by atoms with Gasteiger partial charge < -0.3 is 22.0 Å². The van der Waals surface area contributed by atoms with Gasteiger partial charge in [-0.2, -0.15) is 5.10 Å². The van der Waals surface area contributed by atoms with E-state index in [9.17, 15) is 0 Å². The minimum atomic E-state index is 0.381. The van der Waals surface area contributed by atoms with Gasteiger partial charge in [0.1, 0.15) is 0 Å². The molecule has 6 N–H and O–H groups in total. The Morgan fingerprint density at radius 3 is 2.52 bits per heavy atom. The Balaban J connectivity index is 1.93. The Bertz CT molecular complexity index is 1110. The molecule has 0 atom stereocenters. The Kier molecular flexibility index (Phi) is 5.13. The molecule has 1 aliphatic rings. The Morgan fingerprint density at radius 1 is 1.14 bits per heavy atom. The number of hydrogen-bond donors (Lipinski definition) is 4. The van der Waals surface area contributed by atoms with Gasteiger partial charge in [0.25, 0.3) is 0 Å². The van der Waals surface area contributed by atoms with E-state index in [0.29, 0.717) is 17.3 Å². The zero-order chi connectivity index (χ0) is 20.7. The number of benzene rings is 1. The number of aromatic amines is 1. The summed E-state index contributed by atoms with van der Waals surface area (Å²) in [5.41, 5.74) is 8.94. The van der Waals surface area contributed by atoms with Gasteiger partial charge in [-0.05, 0) is 86.0 Å². The van der Waals surface area contributed by atoms with E-state index in [0.717, 1.165) is 35.5 Å². The third kappa shape index (κ3) is 3.31. The summed E-state index contributed by atoms with van der Waals surface area (Å²) in [5.74, 6) is 12.8. The molecule has 4 rings (SSSR count). The van der Waals surface area contributed by atoms with Crippen LogP contribution in [0.5, 0.6) is 0 Å². The molecule has 3 aromatic rings. The fourth-order valence-corrected chi connectivity index (χ4v) is 4.73. The predicted molar refractivity (Wildman–Crippen MR) is 120 cm³/mol. The summed E-state index contributed by atoms with van der Waals surface area (Å²) in [6, 6.07) is 6.94. The number of aromatic nitrogens is 2. The second kappa shape index (κ2) is 7.59. The van der Waals surface area contributed by atoms with Crippen molar-refractivity contribution in [1.29, 1.82) is 0 Å². The maximum absolute atomic E-state index is 6.20. The molecule has 6 nitrogen and oxygen atoms in total. The number of hydrogen-bond acceptors (Lipinski definition) is 4. The molecule has 0 amide bonds. The summed E-state index contributed by atoms with van der Waals surface area (Å²) in [6.45, 7) is 10.8. The average molecular weight is 393 g/mol. The summed E-state index contributed by atoms with van der Waals surface area (Å²) in [5, 5.41) is 8.64. The van der Waals surface area contributed by atoms with Crippen LogP contribution >= 0.6 is 0 Å². The highest BCUT2D eigenvalue weighted by molar-refractivity contribution is 5.92. The van der Waals surface area contributed by atoms with Crippen LogP contribution in [-0.4, -0.2) is 22.7 Å². The molecular weight excluding hydrogens is 360 g/mol. The molecule has 1 aromatic carbocycles. The summed E-state index contributed by atoms with van der Waals surface area (Å²) >= 11 is 0. The van der Waals surface area contributed by atoms with Crippen LogP contribution in [0.2, 0.25) is 0 Å². The fourth-order valence-electron chi connectivity index (χ4n) is 4.73. The first-order chi connectivity index (χ1) is 13.9. The molecule has 1 fully saturated rings. The molecule has 1 saturated heterocycles. The predicted octanol–water partition coefficient (Wildman–Crippen LogP) is 3.33. The highest BCUT2D eigenvalue weighted by atomic mass is 15.3. The van der Waals surface area contributed by atoms with E-state index in [2.05, 4.69) is 54.4 Å². The molecule has 0 spiro atoms. The molecule has 0 unspecified atom stereocenters. The SMILES string of the molecule is Cc1c(-c2[nH]c3ccc(C4CCNCC4)cc3c2C(C)C)cn(N)/c(=N\N)c1C. The molecule has 29 heavy (non-hydrogen) atoms. The lowest BCUT2D eigenvalue weighted by molar-refractivity contribution is 0.460. The van der Waals surface area contributed by atoms with Crippen molar-refractivity contribution in [1.82, 2.24) is 15.0 Å². The largest absolute Gasteiger partial charge is 0.354 e. The van der Waals surface area contributed by atoms with Gasteiger partial charge in [0.2, 0.25) is 0 Å². The third-order valence-corrected chi connectivity index (χ3v) is 6.46. The van der Waals surface area contributed by atoms with Gasteiger partial charge in [0.05, 0.1) is 5.69 Å².